The van der Waals surface area contributed by atoms with Crippen LogP contribution in [0.2, 0.25) is 0 Å². The Bertz CT molecular complexity index is 736. The second-order valence-corrected chi connectivity index (χ2v) is 9.84. The molecule has 2 saturated heterocycles. The number of benzene rings is 1. The Morgan fingerprint density at radius 1 is 1.14 bits per heavy atom. The molecule has 0 bridgehead atoms. The molecule has 0 radical (unpaired) electrons. The number of aliphatic imine (C=N–C) groups is 1. The van der Waals surface area contributed by atoms with Gasteiger partial charge in [-0.2, -0.15) is 0 Å². The van der Waals surface area contributed by atoms with E-state index in [1.54, 1.807) is 7.05 Å². The Labute approximate surface area is 192 Å². The van der Waals surface area contributed by atoms with Crippen molar-refractivity contribution in [1.82, 2.24) is 15.5 Å². The summed E-state index contributed by atoms with van der Waals surface area (Å²) in [6, 6.07) is 10.6. The molecule has 7 nitrogen and oxygen atoms in total. The van der Waals surface area contributed by atoms with E-state index in [9.17, 15) is 8.42 Å². The lowest BCUT2D eigenvalue weighted by Crippen LogP contribution is -2.47. The number of nitrogens with zero attached hydrogens (tertiary/aromatic N) is 3. The first-order valence-electron chi connectivity index (χ1n) is 10.3. The van der Waals surface area contributed by atoms with Crippen molar-refractivity contribution >= 4 is 45.5 Å². The summed E-state index contributed by atoms with van der Waals surface area (Å²) in [6.45, 7) is 6.37. The molecule has 1 aromatic carbocycles. The van der Waals surface area contributed by atoms with Crippen LogP contribution in [0.1, 0.15) is 19.3 Å². The highest BCUT2D eigenvalue weighted by Crippen LogP contribution is 2.15. The van der Waals surface area contributed by atoms with E-state index in [1.807, 2.05) is 0 Å². The minimum atomic E-state index is -2.87. The van der Waals surface area contributed by atoms with Crippen molar-refractivity contribution in [2.75, 3.05) is 62.7 Å². The Kier molecular flexibility index (Phi) is 9.97. The SMILES string of the molecule is CN=C(NCCCCN1CCN(c2ccccc2)CC1)NC1CCS(=O)(=O)C1.I. The van der Waals surface area contributed by atoms with E-state index < -0.39 is 9.84 Å². The highest BCUT2D eigenvalue weighted by atomic mass is 127. The Morgan fingerprint density at radius 3 is 2.48 bits per heavy atom. The molecule has 1 aromatic rings. The van der Waals surface area contributed by atoms with Gasteiger partial charge in [0.1, 0.15) is 0 Å². The third-order valence-electron chi connectivity index (χ3n) is 5.48. The molecular weight excluding hydrogens is 501 g/mol. The molecule has 3 rings (SSSR count). The van der Waals surface area contributed by atoms with Crippen LogP contribution in [0.5, 0.6) is 0 Å². The van der Waals surface area contributed by atoms with Gasteiger partial charge >= 0.3 is 0 Å². The van der Waals surface area contributed by atoms with E-state index in [4.69, 9.17) is 0 Å². The number of guanidine groups is 1. The molecule has 2 heterocycles. The molecule has 164 valence electrons. The summed E-state index contributed by atoms with van der Waals surface area (Å²) in [5.41, 5.74) is 1.32. The molecular formula is C20H34IN5O2S. The zero-order valence-corrected chi connectivity index (χ0v) is 20.4. The van der Waals surface area contributed by atoms with Gasteiger partial charge in [0.25, 0.3) is 0 Å². The number of sulfone groups is 1. The van der Waals surface area contributed by atoms with E-state index in [0.29, 0.717) is 12.4 Å². The van der Waals surface area contributed by atoms with Gasteiger partial charge in [0.05, 0.1) is 11.5 Å². The molecule has 9 heteroatoms. The van der Waals surface area contributed by atoms with Gasteiger partial charge in [-0.3, -0.25) is 9.89 Å². The lowest BCUT2D eigenvalue weighted by atomic mass is 10.2. The van der Waals surface area contributed by atoms with Gasteiger partial charge in [-0.1, -0.05) is 18.2 Å². The van der Waals surface area contributed by atoms with Gasteiger partial charge < -0.3 is 15.5 Å². The molecule has 0 saturated carbocycles. The number of unbranched alkanes of at least 4 members (excludes halogenated alkanes) is 1. The molecule has 2 aliphatic rings. The zero-order valence-electron chi connectivity index (χ0n) is 17.2. The summed E-state index contributed by atoms with van der Waals surface area (Å²) in [4.78, 5) is 9.20. The van der Waals surface area contributed by atoms with E-state index in [-0.39, 0.29) is 41.5 Å². The van der Waals surface area contributed by atoms with Crippen LogP contribution in [0.4, 0.5) is 5.69 Å². The maximum atomic E-state index is 11.6. The fourth-order valence-corrected chi connectivity index (χ4v) is 5.51. The van der Waals surface area contributed by atoms with Crippen molar-refractivity contribution < 1.29 is 8.42 Å². The highest BCUT2D eigenvalue weighted by Gasteiger charge is 2.28. The van der Waals surface area contributed by atoms with Crippen LogP contribution in [0.15, 0.2) is 35.3 Å². The van der Waals surface area contributed by atoms with Gasteiger partial charge in [-0.25, -0.2) is 8.42 Å². The van der Waals surface area contributed by atoms with Gasteiger partial charge in [0.2, 0.25) is 0 Å². The topological polar surface area (TPSA) is 77.0 Å². The number of hydrogen-bond acceptors (Lipinski definition) is 5. The molecule has 29 heavy (non-hydrogen) atoms. The van der Waals surface area contributed by atoms with E-state index >= 15 is 0 Å². The second kappa shape index (κ2) is 11.9. The van der Waals surface area contributed by atoms with Crippen LogP contribution in [0.25, 0.3) is 0 Å². The lowest BCUT2D eigenvalue weighted by Gasteiger charge is -2.36. The highest BCUT2D eigenvalue weighted by molar-refractivity contribution is 14.0. The number of rotatable bonds is 7. The normalized spacial score (nSPS) is 22.2. The second-order valence-electron chi connectivity index (χ2n) is 7.61. The lowest BCUT2D eigenvalue weighted by molar-refractivity contribution is 0.253. The summed E-state index contributed by atoms with van der Waals surface area (Å²) >= 11 is 0. The number of anilines is 1. The van der Waals surface area contributed by atoms with E-state index in [0.717, 1.165) is 52.1 Å². The predicted octanol–water partition coefficient (Wildman–Crippen LogP) is 1.56. The van der Waals surface area contributed by atoms with Crippen LogP contribution < -0.4 is 15.5 Å². The van der Waals surface area contributed by atoms with Crippen molar-refractivity contribution in [3.8, 4) is 0 Å². The van der Waals surface area contributed by atoms with Gasteiger partial charge in [-0.05, 0) is 37.9 Å². The maximum absolute atomic E-state index is 11.6. The van der Waals surface area contributed by atoms with Gasteiger partial charge in [0, 0.05) is 51.5 Å². The number of halogens is 1. The zero-order chi connectivity index (χ0) is 19.8. The maximum Gasteiger partial charge on any atom is 0.191 e. The Morgan fingerprint density at radius 2 is 1.86 bits per heavy atom. The minimum absolute atomic E-state index is 0. The Balaban J connectivity index is 0.00000300. The quantitative estimate of drug-likeness (QED) is 0.239. The fraction of sp³-hybridized carbons (Fsp3) is 0.650. The van der Waals surface area contributed by atoms with E-state index in [1.165, 1.54) is 5.69 Å². The van der Waals surface area contributed by atoms with Crippen LogP contribution in [-0.2, 0) is 9.84 Å². The molecule has 0 amide bonds. The van der Waals surface area contributed by atoms with Crippen molar-refractivity contribution in [2.24, 2.45) is 4.99 Å². The number of nitrogens with one attached hydrogen (secondary N) is 2. The van der Waals surface area contributed by atoms with Crippen LogP contribution in [0, 0.1) is 0 Å². The summed E-state index contributed by atoms with van der Waals surface area (Å²) in [6.07, 6.45) is 2.88. The minimum Gasteiger partial charge on any atom is -0.369 e. The summed E-state index contributed by atoms with van der Waals surface area (Å²) in [5.74, 6) is 1.19. The first-order valence-corrected chi connectivity index (χ1v) is 12.1. The van der Waals surface area contributed by atoms with Crippen LogP contribution in [0.3, 0.4) is 0 Å². The fourth-order valence-electron chi connectivity index (χ4n) is 3.83. The van der Waals surface area contributed by atoms with Crippen LogP contribution in [-0.4, -0.2) is 83.1 Å². The van der Waals surface area contributed by atoms with Gasteiger partial charge in [-0.15, -0.1) is 24.0 Å². The number of hydrogen-bond donors (Lipinski definition) is 2. The largest absolute Gasteiger partial charge is 0.369 e. The van der Waals surface area contributed by atoms with Crippen molar-refractivity contribution in [3.05, 3.63) is 30.3 Å². The van der Waals surface area contributed by atoms with Crippen LogP contribution >= 0.6 is 24.0 Å². The molecule has 2 N–H and O–H groups in total. The molecule has 1 atom stereocenters. The van der Waals surface area contributed by atoms with E-state index in [2.05, 4.69) is 55.8 Å². The third kappa shape index (κ3) is 7.93. The average Bonchev–Trinajstić information content (AvgIpc) is 3.06. The van der Waals surface area contributed by atoms with Crippen molar-refractivity contribution in [2.45, 2.75) is 25.3 Å². The standard InChI is InChI=1S/C20H33N5O2S.HI/c1-21-20(23-18-9-16-28(26,27)17-18)22-10-5-6-11-24-12-14-25(15-13-24)19-7-3-2-4-8-19;/h2-4,7-8,18H,5-6,9-17H2,1H3,(H2,21,22,23);1H. The predicted molar refractivity (Wildman–Crippen MR) is 131 cm³/mol. The molecule has 0 spiro atoms. The van der Waals surface area contributed by atoms with Crippen molar-refractivity contribution in [3.63, 3.8) is 0 Å². The number of para-hydroxylation sites is 1. The summed E-state index contributed by atoms with van der Waals surface area (Å²) < 4.78 is 23.1. The third-order valence-corrected chi connectivity index (χ3v) is 7.25. The number of piperazine rings is 1. The molecule has 0 aliphatic carbocycles. The smallest absolute Gasteiger partial charge is 0.191 e. The van der Waals surface area contributed by atoms with Crippen molar-refractivity contribution in [1.29, 1.82) is 0 Å². The first-order chi connectivity index (χ1) is 13.6. The molecule has 1 unspecified atom stereocenters. The Hall–Kier alpha value is -1.07. The summed E-state index contributed by atoms with van der Waals surface area (Å²) in [7, 11) is -1.14. The van der Waals surface area contributed by atoms with Gasteiger partial charge in [0.15, 0.2) is 15.8 Å². The monoisotopic (exact) mass is 535 g/mol. The molecule has 2 fully saturated rings. The molecule has 0 aromatic heterocycles. The molecule has 2 aliphatic heterocycles. The summed E-state index contributed by atoms with van der Waals surface area (Å²) in [5, 5.41) is 6.53. The average molecular weight is 535 g/mol. The first kappa shape index (κ1) is 24.2.